The molecule has 3 rings (SSSR count). The second kappa shape index (κ2) is 8.32. The summed E-state index contributed by atoms with van der Waals surface area (Å²) < 4.78 is 0. The average molecular weight is 365 g/mol. The maximum atomic E-state index is 12.6. The van der Waals surface area contributed by atoms with E-state index >= 15 is 0 Å². The first kappa shape index (κ1) is 17.7. The van der Waals surface area contributed by atoms with E-state index in [-0.39, 0.29) is 21.4 Å². The zero-order chi connectivity index (χ0) is 16.9. The predicted molar refractivity (Wildman–Crippen MR) is 102 cm³/mol. The van der Waals surface area contributed by atoms with Gasteiger partial charge in [-0.3, -0.25) is 9.79 Å². The van der Waals surface area contributed by atoms with Gasteiger partial charge in [-0.2, -0.15) is 0 Å². The van der Waals surface area contributed by atoms with Crippen LogP contribution < -0.4 is 0 Å². The van der Waals surface area contributed by atoms with E-state index in [0.29, 0.717) is 6.42 Å². The van der Waals surface area contributed by atoms with Crippen LogP contribution >= 0.6 is 0 Å². The van der Waals surface area contributed by atoms with Crippen molar-refractivity contribution in [3.63, 3.8) is 0 Å². The summed E-state index contributed by atoms with van der Waals surface area (Å²) in [6.07, 6.45) is 3.41. The van der Waals surface area contributed by atoms with Crippen molar-refractivity contribution in [2.75, 3.05) is 18.8 Å². The lowest BCUT2D eigenvalue weighted by Crippen LogP contribution is -2.46. The molecule has 2 aliphatic heterocycles. The number of nitrogens with zero attached hydrogens (tertiary/aromatic N) is 2. The molecule has 130 valence electrons. The summed E-state index contributed by atoms with van der Waals surface area (Å²) in [7, 11) is -0.350. The van der Waals surface area contributed by atoms with E-state index in [0.717, 1.165) is 49.6 Å². The van der Waals surface area contributed by atoms with Gasteiger partial charge in [-0.05, 0) is 42.4 Å². The van der Waals surface area contributed by atoms with Gasteiger partial charge in [-0.25, -0.2) is 0 Å². The first-order valence-electron chi connectivity index (χ1n) is 8.61. The van der Waals surface area contributed by atoms with Gasteiger partial charge >= 0.3 is 0 Å². The minimum atomic E-state index is -0.672. The molecular formula is C18H24N2O2S2. The van der Waals surface area contributed by atoms with Gasteiger partial charge in [-0.15, -0.1) is 0 Å². The Morgan fingerprint density at radius 2 is 2.21 bits per heavy atom. The molecular weight excluding hydrogens is 340 g/mol. The molecule has 2 unspecified atom stereocenters. The third-order valence-electron chi connectivity index (χ3n) is 4.71. The van der Waals surface area contributed by atoms with E-state index in [2.05, 4.69) is 17.1 Å². The topological polar surface area (TPSA) is 52.9 Å². The monoisotopic (exact) mass is 364 g/mol. The molecule has 1 fully saturated rings. The van der Waals surface area contributed by atoms with Crippen molar-refractivity contribution in [3.8, 4) is 0 Å². The number of amides is 1. The van der Waals surface area contributed by atoms with Crippen molar-refractivity contribution in [1.29, 1.82) is 0 Å². The summed E-state index contributed by atoms with van der Waals surface area (Å²) >= 11 is 5.40. The fraction of sp³-hybridized carbons (Fsp3) is 0.556. The lowest BCUT2D eigenvalue weighted by Gasteiger charge is -2.29. The van der Waals surface area contributed by atoms with Crippen molar-refractivity contribution in [2.24, 2.45) is 4.99 Å². The highest BCUT2D eigenvalue weighted by molar-refractivity contribution is 8.37. The Morgan fingerprint density at radius 1 is 1.42 bits per heavy atom. The van der Waals surface area contributed by atoms with E-state index in [1.165, 1.54) is 5.56 Å². The zero-order valence-electron chi connectivity index (χ0n) is 13.8. The number of rotatable bonds is 6. The number of benzene rings is 1. The number of aliphatic hydroxyl groups excluding tert-OH is 1. The van der Waals surface area contributed by atoms with Gasteiger partial charge in [0.15, 0.2) is 0 Å². The number of carbonyl (C=O) groups excluding carboxylic acids is 1. The first-order valence-corrected chi connectivity index (χ1v) is 10.9. The van der Waals surface area contributed by atoms with E-state index in [9.17, 15) is 9.90 Å². The van der Waals surface area contributed by atoms with E-state index in [1.807, 2.05) is 23.1 Å². The van der Waals surface area contributed by atoms with E-state index in [1.54, 1.807) is 0 Å². The fourth-order valence-electron chi connectivity index (χ4n) is 3.47. The van der Waals surface area contributed by atoms with Crippen LogP contribution in [0, 0.1) is 0 Å². The molecule has 4 nitrogen and oxygen atoms in total. The second-order valence-corrected chi connectivity index (χ2v) is 9.07. The van der Waals surface area contributed by atoms with Crippen molar-refractivity contribution < 1.29 is 9.90 Å². The van der Waals surface area contributed by atoms with Crippen LogP contribution in [-0.2, 0) is 31.9 Å². The normalized spacial score (nSPS) is 24.9. The zero-order valence-corrected chi connectivity index (χ0v) is 15.4. The molecule has 0 saturated carbocycles. The molecule has 0 radical (unpaired) electrons. The van der Waals surface area contributed by atoms with Crippen LogP contribution in [0.25, 0.3) is 0 Å². The minimum absolute atomic E-state index is 0.135. The molecule has 1 aromatic carbocycles. The van der Waals surface area contributed by atoms with Gasteiger partial charge in [0.2, 0.25) is 5.91 Å². The molecule has 2 aliphatic rings. The van der Waals surface area contributed by atoms with Gasteiger partial charge in [0.1, 0.15) is 11.1 Å². The number of likely N-dealkylation sites (tertiary alicyclic amines) is 1. The lowest BCUT2D eigenvalue weighted by atomic mass is 10.1. The van der Waals surface area contributed by atoms with Crippen molar-refractivity contribution in [1.82, 2.24) is 4.90 Å². The molecule has 3 atom stereocenters. The molecule has 0 aliphatic carbocycles. The Labute approximate surface area is 150 Å². The standard InChI is InChI=1S/C18H24N2O2S2/c21-16(10-4-8-14-6-2-1-3-7-14)20-12-5-9-15(20)17(22)18-19-11-13-24(18)23/h1-3,6-7,15,17,22H,4-5,8-13H2/t15-,17?,24?/m0/s1. The SMILES string of the molecule is O=C(CCCc1ccccc1)N1CCC[C@H]1C(O)C1=NCCS1=S. The quantitative estimate of drug-likeness (QED) is 0.838. The van der Waals surface area contributed by atoms with Crippen LogP contribution in [0.15, 0.2) is 35.3 Å². The van der Waals surface area contributed by atoms with Crippen molar-refractivity contribution >= 4 is 31.6 Å². The molecule has 2 heterocycles. The van der Waals surface area contributed by atoms with Crippen molar-refractivity contribution in [3.05, 3.63) is 35.9 Å². The van der Waals surface area contributed by atoms with E-state index in [4.69, 9.17) is 11.2 Å². The Balaban J connectivity index is 1.54. The van der Waals surface area contributed by atoms with Crippen LogP contribution in [0.2, 0.25) is 0 Å². The predicted octanol–water partition coefficient (Wildman–Crippen LogP) is 1.85. The molecule has 1 amide bonds. The van der Waals surface area contributed by atoms with Gasteiger partial charge in [0.05, 0.1) is 6.04 Å². The van der Waals surface area contributed by atoms with Crippen LogP contribution in [-0.4, -0.2) is 51.9 Å². The molecule has 1 N–H and O–H groups in total. The summed E-state index contributed by atoms with van der Waals surface area (Å²) in [4.78, 5) is 18.9. The Morgan fingerprint density at radius 3 is 2.92 bits per heavy atom. The second-order valence-electron chi connectivity index (χ2n) is 6.35. The van der Waals surface area contributed by atoms with Crippen LogP contribution in [0.5, 0.6) is 0 Å². The maximum Gasteiger partial charge on any atom is 0.222 e. The molecule has 24 heavy (non-hydrogen) atoms. The van der Waals surface area contributed by atoms with Crippen LogP contribution in [0.4, 0.5) is 0 Å². The minimum Gasteiger partial charge on any atom is -0.384 e. The molecule has 6 heteroatoms. The molecule has 1 saturated heterocycles. The maximum absolute atomic E-state index is 12.6. The number of aliphatic imine (C=N–C) groups is 1. The number of aryl methyl sites for hydroxylation is 1. The number of carbonyl (C=O) groups is 1. The first-order chi connectivity index (χ1) is 11.7. The van der Waals surface area contributed by atoms with Crippen LogP contribution in [0.3, 0.4) is 0 Å². The summed E-state index contributed by atoms with van der Waals surface area (Å²) in [5.41, 5.74) is 1.26. The van der Waals surface area contributed by atoms with Gasteiger partial charge < -0.3 is 10.0 Å². The fourth-order valence-corrected chi connectivity index (χ4v) is 5.28. The summed E-state index contributed by atoms with van der Waals surface area (Å²) in [5.74, 6) is 1.01. The smallest absolute Gasteiger partial charge is 0.222 e. The van der Waals surface area contributed by atoms with Crippen molar-refractivity contribution in [2.45, 2.75) is 44.2 Å². The average Bonchev–Trinajstić information content (AvgIpc) is 3.24. The summed E-state index contributed by atoms with van der Waals surface area (Å²) in [5, 5.41) is 11.4. The molecule has 0 spiro atoms. The number of hydrogen-bond acceptors (Lipinski definition) is 4. The molecule has 1 aromatic rings. The number of hydrogen-bond donors (Lipinski definition) is 1. The summed E-state index contributed by atoms with van der Waals surface area (Å²) in [6, 6.07) is 10.1. The third-order valence-corrected chi connectivity index (χ3v) is 7.12. The number of aliphatic hydroxyl groups is 1. The summed E-state index contributed by atoms with van der Waals surface area (Å²) in [6.45, 7) is 1.46. The highest BCUT2D eigenvalue weighted by Gasteiger charge is 2.37. The highest BCUT2D eigenvalue weighted by atomic mass is 32.8. The van der Waals surface area contributed by atoms with E-state index < -0.39 is 6.10 Å². The Kier molecular flexibility index (Phi) is 6.14. The van der Waals surface area contributed by atoms with Crippen LogP contribution in [0.1, 0.15) is 31.2 Å². The van der Waals surface area contributed by atoms with Gasteiger partial charge in [-0.1, -0.05) is 39.8 Å². The van der Waals surface area contributed by atoms with Gasteiger partial charge in [0.25, 0.3) is 0 Å². The Hall–Kier alpha value is -1.11. The highest BCUT2D eigenvalue weighted by Crippen LogP contribution is 2.24. The van der Waals surface area contributed by atoms with Gasteiger partial charge in [0, 0.05) is 25.3 Å². The third kappa shape index (κ3) is 4.10. The molecule has 0 bridgehead atoms. The largest absolute Gasteiger partial charge is 0.384 e. The molecule has 0 aromatic heterocycles. The lowest BCUT2D eigenvalue weighted by molar-refractivity contribution is -0.133. The Bertz CT molecular complexity index is 633.